The highest BCUT2D eigenvalue weighted by atomic mass is 19.3. The summed E-state index contributed by atoms with van der Waals surface area (Å²) in [6.07, 6.45) is -0.0880. The smallest absolute Gasteiger partial charge is 0.267 e. The number of rotatable bonds is 1. The van der Waals surface area contributed by atoms with Gasteiger partial charge >= 0.3 is 0 Å². The molecule has 0 aromatic carbocycles. The van der Waals surface area contributed by atoms with Crippen LogP contribution in [0.2, 0.25) is 0 Å². The molecule has 0 aliphatic carbocycles. The van der Waals surface area contributed by atoms with Gasteiger partial charge in [0, 0.05) is 18.1 Å². The van der Waals surface area contributed by atoms with Gasteiger partial charge in [0.25, 0.3) is 6.43 Å². The molecule has 2 nitrogen and oxygen atoms in total. The van der Waals surface area contributed by atoms with Gasteiger partial charge in [-0.2, -0.15) is 0 Å². The number of pyridine rings is 1. The third-order valence-corrected chi connectivity index (χ3v) is 1.12. The highest BCUT2D eigenvalue weighted by Crippen LogP contribution is 2.22. The Kier molecular flexibility index (Phi) is 1.80. The number of nitrogen functional groups attached to an aromatic ring is 1. The van der Waals surface area contributed by atoms with Gasteiger partial charge in [-0.1, -0.05) is 0 Å². The Morgan fingerprint density at radius 2 is 2.20 bits per heavy atom. The molecule has 1 heterocycles. The van der Waals surface area contributed by atoms with Crippen molar-refractivity contribution >= 4 is 5.69 Å². The highest BCUT2D eigenvalue weighted by molar-refractivity contribution is 5.44. The predicted octanol–water partition coefficient (Wildman–Crippen LogP) is 1.60. The van der Waals surface area contributed by atoms with Crippen LogP contribution in [0, 0.1) is 0 Å². The predicted molar refractivity (Wildman–Crippen MR) is 33.6 cm³/mol. The number of hydrogen-bond donors (Lipinski definition) is 1. The fraction of sp³-hybridized carbons (Fsp3) is 0.167. The largest absolute Gasteiger partial charge is 0.398 e. The van der Waals surface area contributed by atoms with E-state index in [0.29, 0.717) is 0 Å². The van der Waals surface area contributed by atoms with Gasteiger partial charge in [-0.15, -0.1) is 0 Å². The average Bonchev–Trinajstić information content (AvgIpc) is 1.88. The number of nitrogens with two attached hydrogens (primary N) is 1. The summed E-state index contributed by atoms with van der Waals surface area (Å²) in [5.41, 5.74) is 5.08. The molecule has 0 aliphatic heterocycles. The van der Waals surface area contributed by atoms with Gasteiger partial charge in [-0.05, 0) is 6.07 Å². The first-order valence-electron chi connectivity index (χ1n) is 2.69. The minimum atomic E-state index is -2.53. The molecule has 0 atom stereocenters. The second-order valence-electron chi connectivity index (χ2n) is 1.81. The van der Waals surface area contributed by atoms with Gasteiger partial charge in [0.15, 0.2) is 0 Å². The fourth-order valence-electron chi connectivity index (χ4n) is 0.600. The third-order valence-electron chi connectivity index (χ3n) is 1.12. The Hall–Kier alpha value is -1.19. The molecular weight excluding hydrogens is 138 g/mol. The van der Waals surface area contributed by atoms with E-state index in [1.807, 2.05) is 0 Å². The van der Waals surface area contributed by atoms with Gasteiger partial charge in [0.2, 0.25) is 0 Å². The Labute approximate surface area is 56.7 Å². The van der Waals surface area contributed by atoms with Crippen LogP contribution in [-0.2, 0) is 0 Å². The van der Waals surface area contributed by atoms with Crippen molar-refractivity contribution in [1.29, 1.82) is 0 Å². The second kappa shape index (κ2) is 2.60. The van der Waals surface area contributed by atoms with Crippen molar-refractivity contribution < 1.29 is 8.78 Å². The number of nitrogens with zero attached hydrogens (tertiary/aromatic N) is 1. The van der Waals surface area contributed by atoms with E-state index in [4.69, 9.17) is 5.73 Å². The van der Waals surface area contributed by atoms with Gasteiger partial charge in [0.1, 0.15) is 0 Å². The van der Waals surface area contributed by atoms with E-state index in [9.17, 15) is 8.78 Å². The number of alkyl halides is 2. The Morgan fingerprint density at radius 3 is 2.60 bits per heavy atom. The van der Waals surface area contributed by atoms with Gasteiger partial charge < -0.3 is 5.73 Å². The molecule has 0 bridgehead atoms. The number of halogens is 2. The zero-order chi connectivity index (χ0) is 7.56. The van der Waals surface area contributed by atoms with Crippen LogP contribution >= 0.6 is 0 Å². The van der Waals surface area contributed by atoms with Crippen LogP contribution in [0.15, 0.2) is 18.5 Å². The van der Waals surface area contributed by atoms with Crippen molar-refractivity contribution in [3.05, 3.63) is 24.0 Å². The summed E-state index contributed by atoms with van der Waals surface area (Å²) in [7, 11) is 0. The summed E-state index contributed by atoms with van der Waals surface area (Å²) in [5, 5.41) is 0. The number of aromatic nitrogens is 1. The second-order valence-corrected chi connectivity index (χ2v) is 1.81. The lowest BCUT2D eigenvalue weighted by molar-refractivity contribution is 0.152. The minimum absolute atomic E-state index is 0.0880. The maximum absolute atomic E-state index is 11.9. The van der Waals surface area contributed by atoms with Crippen molar-refractivity contribution in [1.82, 2.24) is 4.98 Å². The summed E-state index contributed by atoms with van der Waals surface area (Å²) in [4.78, 5) is 3.51. The summed E-state index contributed by atoms with van der Waals surface area (Å²) < 4.78 is 23.8. The lowest BCUT2D eigenvalue weighted by Crippen LogP contribution is -1.94. The van der Waals surface area contributed by atoms with Crippen molar-refractivity contribution in [2.45, 2.75) is 6.43 Å². The topological polar surface area (TPSA) is 38.9 Å². The SMILES string of the molecule is Nc1ccncc1C(F)F. The van der Waals surface area contributed by atoms with E-state index in [0.717, 1.165) is 6.20 Å². The van der Waals surface area contributed by atoms with Gasteiger partial charge in [0.05, 0.1) is 5.56 Å². The Bertz CT molecular complexity index is 225. The van der Waals surface area contributed by atoms with Crippen LogP contribution in [0.4, 0.5) is 14.5 Å². The molecule has 0 fully saturated rings. The molecule has 2 N–H and O–H groups in total. The fourth-order valence-corrected chi connectivity index (χ4v) is 0.600. The molecule has 0 amide bonds. The summed E-state index contributed by atoms with van der Waals surface area (Å²) >= 11 is 0. The molecular formula is C6H6F2N2. The van der Waals surface area contributed by atoms with Crippen molar-refractivity contribution in [3.8, 4) is 0 Å². The van der Waals surface area contributed by atoms with Crippen molar-refractivity contribution in [3.63, 3.8) is 0 Å². The van der Waals surface area contributed by atoms with Crippen molar-refractivity contribution in [2.75, 3.05) is 5.73 Å². The van der Waals surface area contributed by atoms with Crippen LogP contribution < -0.4 is 5.73 Å². The van der Waals surface area contributed by atoms with E-state index in [-0.39, 0.29) is 11.3 Å². The lowest BCUT2D eigenvalue weighted by atomic mass is 10.2. The van der Waals surface area contributed by atoms with E-state index < -0.39 is 6.43 Å². The first-order chi connectivity index (χ1) is 4.72. The Morgan fingerprint density at radius 1 is 1.50 bits per heavy atom. The lowest BCUT2D eigenvalue weighted by Gasteiger charge is -2.00. The van der Waals surface area contributed by atoms with E-state index in [1.54, 1.807) is 0 Å². The van der Waals surface area contributed by atoms with E-state index in [2.05, 4.69) is 4.98 Å². The summed E-state index contributed by atoms with van der Waals surface area (Å²) in [5.74, 6) is 0. The zero-order valence-electron chi connectivity index (χ0n) is 5.09. The molecule has 0 spiro atoms. The first kappa shape index (κ1) is 6.92. The maximum Gasteiger partial charge on any atom is 0.267 e. The maximum atomic E-state index is 11.9. The number of hydrogen-bond acceptors (Lipinski definition) is 2. The monoisotopic (exact) mass is 144 g/mol. The van der Waals surface area contributed by atoms with E-state index >= 15 is 0 Å². The summed E-state index contributed by atoms with van der Waals surface area (Å²) in [6.45, 7) is 0. The first-order valence-corrected chi connectivity index (χ1v) is 2.69. The Balaban J connectivity index is 3.03. The molecule has 1 rings (SSSR count). The van der Waals surface area contributed by atoms with Crippen LogP contribution in [0.1, 0.15) is 12.0 Å². The molecule has 1 aromatic heterocycles. The quantitative estimate of drug-likeness (QED) is 0.650. The highest BCUT2D eigenvalue weighted by Gasteiger charge is 2.09. The molecule has 4 heteroatoms. The zero-order valence-corrected chi connectivity index (χ0v) is 5.09. The molecule has 1 aromatic rings. The molecule has 0 aliphatic rings. The molecule has 0 unspecified atom stereocenters. The number of anilines is 1. The molecule has 0 radical (unpaired) electrons. The summed E-state index contributed by atoms with van der Waals surface area (Å²) in [6, 6.07) is 1.35. The van der Waals surface area contributed by atoms with Gasteiger partial charge in [-0.3, -0.25) is 4.98 Å². The van der Waals surface area contributed by atoms with Gasteiger partial charge in [-0.25, -0.2) is 8.78 Å². The third kappa shape index (κ3) is 1.21. The average molecular weight is 144 g/mol. The van der Waals surface area contributed by atoms with Crippen LogP contribution in [-0.4, -0.2) is 4.98 Å². The van der Waals surface area contributed by atoms with Crippen molar-refractivity contribution in [2.24, 2.45) is 0 Å². The molecule has 54 valence electrons. The normalized spacial score (nSPS) is 10.3. The van der Waals surface area contributed by atoms with Crippen LogP contribution in [0.5, 0.6) is 0 Å². The van der Waals surface area contributed by atoms with E-state index in [1.165, 1.54) is 12.3 Å². The standard InChI is InChI=1S/C6H6F2N2/c7-6(8)4-3-10-2-1-5(4)9/h1-3,6H,(H2,9,10). The van der Waals surface area contributed by atoms with Crippen LogP contribution in [0.3, 0.4) is 0 Å². The molecule has 0 saturated carbocycles. The van der Waals surface area contributed by atoms with Crippen LogP contribution in [0.25, 0.3) is 0 Å². The molecule has 0 saturated heterocycles. The molecule has 10 heavy (non-hydrogen) atoms. The minimum Gasteiger partial charge on any atom is -0.398 e.